The number of anilines is 1. The van der Waals surface area contributed by atoms with Crippen LogP contribution in [0.25, 0.3) is 0 Å². The molecule has 40 heavy (non-hydrogen) atoms. The first-order chi connectivity index (χ1) is 19.1. The third-order valence-corrected chi connectivity index (χ3v) is 8.70. The van der Waals surface area contributed by atoms with E-state index < -0.39 is 21.8 Å². The van der Waals surface area contributed by atoms with Crippen LogP contribution in [0.1, 0.15) is 42.6 Å². The maximum absolute atomic E-state index is 14.0. The lowest BCUT2D eigenvalue weighted by atomic mass is 10.1. The van der Waals surface area contributed by atoms with Crippen molar-refractivity contribution in [2.24, 2.45) is 0 Å². The molecule has 4 rings (SSSR count). The normalized spacial score (nSPS) is 15.2. The van der Waals surface area contributed by atoms with Crippen molar-refractivity contribution in [1.29, 1.82) is 0 Å². The van der Waals surface area contributed by atoms with E-state index in [1.807, 2.05) is 24.8 Å². The quantitative estimate of drug-likeness (QED) is 0.229. The van der Waals surface area contributed by atoms with Gasteiger partial charge < -0.3 is 18.7 Å². The van der Waals surface area contributed by atoms with Gasteiger partial charge in [-0.1, -0.05) is 35.3 Å². The van der Waals surface area contributed by atoms with Crippen LogP contribution in [-0.4, -0.2) is 51.6 Å². The first-order valence-corrected chi connectivity index (χ1v) is 15.2. The van der Waals surface area contributed by atoms with E-state index >= 15 is 0 Å². The fourth-order valence-corrected chi connectivity index (χ4v) is 5.95. The minimum Gasteiger partial charge on any atom is -0.379 e. The molecule has 0 bridgehead atoms. The van der Waals surface area contributed by atoms with E-state index in [0.29, 0.717) is 25.3 Å². The molecule has 1 unspecified atom stereocenters. The number of nitrogens with zero attached hydrogens (tertiary/aromatic N) is 2. The average Bonchev–Trinajstić information content (AvgIpc) is 3.44. The summed E-state index contributed by atoms with van der Waals surface area (Å²) < 4.78 is 52.1. The molecule has 1 atom stereocenters. The Morgan fingerprint density at radius 3 is 2.48 bits per heavy atom. The second-order valence-electron chi connectivity index (χ2n) is 9.41. The Kier molecular flexibility index (Phi) is 9.94. The molecule has 3 aromatic rings. The zero-order valence-corrected chi connectivity index (χ0v) is 24.6. The van der Waals surface area contributed by atoms with Crippen molar-refractivity contribution in [2.75, 3.05) is 31.1 Å². The third-order valence-electron chi connectivity index (χ3n) is 6.73. The molecule has 1 aliphatic rings. The van der Waals surface area contributed by atoms with Crippen molar-refractivity contribution in [3.63, 3.8) is 0 Å². The second kappa shape index (κ2) is 13.2. The standard InChI is InChI=1S/C29H31Cl2FN2O5S/c1-3-33(4-2)23-11-10-21(28(16-23)39-40(36,37)25-12-13-26(30)27(31)17-25)18-34(19-24-9-6-14-38-24)29(35)20-7-5-8-22(32)15-20/h5,7-8,10-13,15-17,24H,3-4,6,9,14,18-19H2,1-2H3. The van der Waals surface area contributed by atoms with Crippen LogP contribution < -0.4 is 9.08 Å². The highest BCUT2D eigenvalue weighted by Gasteiger charge is 2.27. The first-order valence-electron chi connectivity index (χ1n) is 13.0. The van der Waals surface area contributed by atoms with Crippen molar-refractivity contribution >= 4 is 44.9 Å². The number of benzene rings is 3. The number of halogens is 3. The highest BCUT2D eigenvalue weighted by molar-refractivity contribution is 7.87. The number of hydrogen-bond acceptors (Lipinski definition) is 6. The Balaban J connectivity index is 1.73. The number of carbonyl (C=O) groups is 1. The van der Waals surface area contributed by atoms with E-state index in [4.69, 9.17) is 32.1 Å². The summed E-state index contributed by atoms with van der Waals surface area (Å²) in [5.74, 6) is -0.857. The Hall–Kier alpha value is -2.85. The maximum atomic E-state index is 14.0. The predicted molar refractivity (Wildman–Crippen MR) is 154 cm³/mol. The van der Waals surface area contributed by atoms with Crippen LogP contribution in [0, 0.1) is 5.82 Å². The summed E-state index contributed by atoms with van der Waals surface area (Å²) in [5, 5.41) is 0.289. The van der Waals surface area contributed by atoms with Gasteiger partial charge in [-0.25, -0.2) is 4.39 Å². The van der Waals surface area contributed by atoms with Gasteiger partial charge in [0.25, 0.3) is 5.91 Å². The minimum absolute atomic E-state index is 0.0139. The average molecular weight is 610 g/mol. The zero-order valence-electron chi connectivity index (χ0n) is 22.3. The molecule has 1 amide bonds. The van der Waals surface area contributed by atoms with Gasteiger partial charge in [-0.15, -0.1) is 0 Å². The number of amides is 1. The van der Waals surface area contributed by atoms with E-state index in [9.17, 15) is 17.6 Å². The fourth-order valence-electron chi connectivity index (χ4n) is 4.60. The molecule has 214 valence electrons. The Bertz CT molecular complexity index is 1460. The lowest BCUT2D eigenvalue weighted by Gasteiger charge is -2.27. The predicted octanol–water partition coefficient (Wildman–Crippen LogP) is 6.57. The summed E-state index contributed by atoms with van der Waals surface area (Å²) in [5.41, 5.74) is 1.40. The molecule has 0 radical (unpaired) electrons. The molecule has 1 fully saturated rings. The first kappa shape index (κ1) is 30.1. The summed E-state index contributed by atoms with van der Waals surface area (Å²) in [6.45, 7) is 6.24. The van der Waals surface area contributed by atoms with Crippen LogP contribution in [0.3, 0.4) is 0 Å². The molecule has 1 heterocycles. The van der Waals surface area contributed by atoms with E-state index in [-0.39, 0.29) is 45.4 Å². The van der Waals surface area contributed by atoms with Crippen molar-refractivity contribution < 1.29 is 26.5 Å². The summed E-state index contributed by atoms with van der Waals surface area (Å²) in [6, 6.07) is 14.6. The second-order valence-corrected chi connectivity index (χ2v) is 11.8. The Labute approximate surface area is 244 Å². The van der Waals surface area contributed by atoms with Gasteiger partial charge in [0.2, 0.25) is 0 Å². The molecule has 0 N–H and O–H groups in total. The number of hydrogen-bond donors (Lipinski definition) is 0. The molecule has 7 nitrogen and oxygen atoms in total. The smallest absolute Gasteiger partial charge is 0.339 e. The van der Waals surface area contributed by atoms with Crippen LogP contribution >= 0.6 is 23.2 Å². The van der Waals surface area contributed by atoms with E-state index in [0.717, 1.165) is 18.5 Å². The Morgan fingerprint density at radius 2 is 1.82 bits per heavy atom. The molecular weight excluding hydrogens is 578 g/mol. The van der Waals surface area contributed by atoms with E-state index in [2.05, 4.69) is 0 Å². The van der Waals surface area contributed by atoms with Crippen LogP contribution in [0.5, 0.6) is 5.75 Å². The zero-order chi connectivity index (χ0) is 28.9. The minimum atomic E-state index is -4.31. The largest absolute Gasteiger partial charge is 0.379 e. The fraction of sp³-hybridized carbons (Fsp3) is 0.345. The summed E-state index contributed by atoms with van der Waals surface area (Å²) >= 11 is 12.0. The number of ether oxygens (including phenoxy) is 1. The molecule has 1 aliphatic heterocycles. The van der Waals surface area contributed by atoms with Gasteiger partial charge in [-0.2, -0.15) is 8.42 Å². The molecular formula is C29H31Cl2FN2O5S. The van der Waals surface area contributed by atoms with Crippen molar-refractivity contribution in [2.45, 2.75) is 44.2 Å². The van der Waals surface area contributed by atoms with Crippen molar-refractivity contribution in [3.8, 4) is 5.75 Å². The van der Waals surface area contributed by atoms with Gasteiger partial charge in [-0.3, -0.25) is 4.79 Å². The summed E-state index contributed by atoms with van der Waals surface area (Å²) in [7, 11) is -4.31. The lowest BCUT2D eigenvalue weighted by Crippen LogP contribution is -2.37. The van der Waals surface area contributed by atoms with Gasteiger partial charge in [0.15, 0.2) is 0 Å². The Morgan fingerprint density at radius 1 is 1.05 bits per heavy atom. The molecule has 0 aromatic heterocycles. The number of rotatable bonds is 11. The third kappa shape index (κ3) is 7.26. The van der Waals surface area contributed by atoms with Gasteiger partial charge in [-0.05, 0) is 69.2 Å². The SMILES string of the molecule is CCN(CC)c1ccc(CN(CC2CCCO2)C(=O)c2cccc(F)c2)c(OS(=O)(=O)c2ccc(Cl)c(Cl)c2)c1. The van der Waals surface area contributed by atoms with E-state index in [1.165, 1.54) is 41.3 Å². The molecule has 0 spiro atoms. The highest BCUT2D eigenvalue weighted by atomic mass is 35.5. The van der Waals surface area contributed by atoms with Crippen LogP contribution in [0.15, 0.2) is 65.6 Å². The lowest BCUT2D eigenvalue weighted by molar-refractivity contribution is 0.0506. The van der Waals surface area contributed by atoms with Gasteiger partial charge >= 0.3 is 10.1 Å². The van der Waals surface area contributed by atoms with Crippen molar-refractivity contribution in [3.05, 3.63) is 87.7 Å². The maximum Gasteiger partial charge on any atom is 0.339 e. The highest BCUT2D eigenvalue weighted by Crippen LogP contribution is 2.32. The molecule has 11 heteroatoms. The number of carbonyl (C=O) groups excluding carboxylic acids is 1. The van der Waals surface area contributed by atoms with Gasteiger partial charge in [0.05, 0.1) is 16.1 Å². The van der Waals surface area contributed by atoms with Crippen molar-refractivity contribution in [1.82, 2.24) is 4.90 Å². The van der Waals surface area contributed by atoms with Crippen LogP contribution in [-0.2, 0) is 21.4 Å². The monoisotopic (exact) mass is 608 g/mol. The molecule has 1 saturated heterocycles. The molecule has 0 aliphatic carbocycles. The topological polar surface area (TPSA) is 76.2 Å². The molecule has 3 aromatic carbocycles. The van der Waals surface area contributed by atoms with Gasteiger partial charge in [0.1, 0.15) is 16.5 Å². The molecule has 0 saturated carbocycles. The summed E-state index contributed by atoms with van der Waals surface area (Å²) in [4.78, 5) is 17.0. The summed E-state index contributed by atoms with van der Waals surface area (Å²) in [6.07, 6.45) is 1.47. The van der Waals surface area contributed by atoms with Crippen LogP contribution in [0.4, 0.5) is 10.1 Å². The van der Waals surface area contributed by atoms with Gasteiger partial charge in [0, 0.05) is 55.7 Å². The van der Waals surface area contributed by atoms with Crippen LogP contribution in [0.2, 0.25) is 10.0 Å². The van der Waals surface area contributed by atoms with E-state index in [1.54, 1.807) is 18.2 Å².